The van der Waals surface area contributed by atoms with E-state index in [1.807, 2.05) is 47.4 Å². The summed E-state index contributed by atoms with van der Waals surface area (Å²) in [4.78, 5) is 59.5. The molecule has 0 radical (unpaired) electrons. The number of fused-ring (bicyclic) bond motifs is 3. The van der Waals surface area contributed by atoms with Gasteiger partial charge in [-0.25, -0.2) is 19.3 Å². The first kappa shape index (κ1) is 48.4. The van der Waals surface area contributed by atoms with Crippen molar-refractivity contribution in [3.63, 3.8) is 0 Å². The number of nitrogens with one attached hydrogen (secondary N) is 3. The number of alkyl halides is 1. The molecule has 0 aliphatic carbocycles. The number of aromatic amines is 1. The van der Waals surface area contributed by atoms with Crippen molar-refractivity contribution in [1.82, 2.24) is 58.8 Å². The Bertz CT molecular complexity index is 3130. The van der Waals surface area contributed by atoms with Crippen molar-refractivity contribution in [1.29, 1.82) is 0 Å². The van der Waals surface area contributed by atoms with E-state index in [0.29, 0.717) is 53.1 Å². The molecule has 1 fully saturated rings. The Kier molecular flexibility index (Phi) is 15.7. The van der Waals surface area contributed by atoms with E-state index in [0.717, 1.165) is 78.0 Å². The van der Waals surface area contributed by atoms with Gasteiger partial charge in [0.25, 0.3) is 5.91 Å². The summed E-state index contributed by atoms with van der Waals surface area (Å²) < 4.78 is 27.1. The van der Waals surface area contributed by atoms with Gasteiger partial charge >= 0.3 is 0 Å². The van der Waals surface area contributed by atoms with Crippen molar-refractivity contribution in [2.75, 3.05) is 44.5 Å². The van der Waals surface area contributed by atoms with E-state index in [2.05, 4.69) is 67.3 Å². The molecule has 69 heavy (non-hydrogen) atoms. The molecular weight excluding hydrogens is 950 g/mol. The quantitative estimate of drug-likeness (QED) is 0.0922. The van der Waals surface area contributed by atoms with Crippen molar-refractivity contribution in [2.45, 2.75) is 58.3 Å². The van der Waals surface area contributed by atoms with E-state index in [4.69, 9.17) is 43.6 Å². The topological polar surface area (TPSA) is 207 Å². The Morgan fingerprint density at radius 1 is 0.783 bits per heavy atom. The molecule has 10 heterocycles. The van der Waals surface area contributed by atoms with Gasteiger partial charge in [0.1, 0.15) is 52.5 Å². The molecule has 2 amide bonds. The maximum atomic E-state index is 12.5. The van der Waals surface area contributed by atoms with Gasteiger partial charge in [0, 0.05) is 83.3 Å². The predicted molar refractivity (Wildman–Crippen MR) is 262 cm³/mol. The molecular formula is C47H48Cl3FN14O4. The third-order valence-corrected chi connectivity index (χ3v) is 11.9. The Morgan fingerprint density at radius 3 is 2.12 bits per heavy atom. The maximum Gasteiger partial charge on any atom is 0.269 e. The molecule has 22 heteroatoms. The van der Waals surface area contributed by atoms with Crippen molar-refractivity contribution in [2.24, 2.45) is 0 Å². The van der Waals surface area contributed by atoms with Crippen LogP contribution in [0.3, 0.4) is 0 Å². The summed E-state index contributed by atoms with van der Waals surface area (Å²) in [5.74, 6) is 2.88. The van der Waals surface area contributed by atoms with Crippen LogP contribution >= 0.6 is 34.8 Å². The van der Waals surface area contributed by atoms with Crippen LogP contribution in [0.25, 0.3) is 33.1 Å². The summed E-state index contributed by atoms with van der Waals surface area (Å²) in [6.07, 6.45) is 14.0. The molecule has 0 bridgehead atoms. The number of aryl methyl sites for hydroxylation is 3. The number of carbonyl (C=O) groups is 2. The van der Waals surface area contributed by atoms with Gasteiger partial charge in [0.15, 0.2) is 0 Å². The molecule has 0 saturated carbocycles. The van der Waals surface area contributed by atoms with E-state index in [-0.39, 0.29) is 34.2 Å². The minimum atomic E-state index is -0.453. The van der Waals surface area contributed by atoms with Crippen LogP contribution in [0.1, 0.15) is 59.1 Å². The molecule has 18 nitrogen and oxygen atoms in total. The Labute approximate surface area is 410 Å². The van der Waals surface area contributed by atoms with Crippen LogP contribution in [0.5, 0.6) is 0 Å². The lowest BCUT2D eigenvalue weighted by Crippen LogP contribution is -2.37. The Morgan fingerprint density at radius 2 is 1.43 bits per heavy atom. The third kappa shape index (κ3) is 12.0. The lowest BCUT2D eigenvalue weighted by atomic mass is 10.0. The largest absolute Gasteiger partial charge is 0.469 e. The highest BCUT2D eigenvalue weighted by molar-refractivity contribution is 6.29. The zero-order valence-electron chi connectivity index (χ0n) is 37.9. The van der Waals surface area contributed by atoms with Crippen molar-refractivity contribution in [3.8, 4) is 0 Å². The number of carbonyl (C=O) groups excluding carboxylic acids is 2. The average Bonchev–Trinajstić information content (AvgIpc) is 4.22. The number of hydrogen-bond acceptors (Lipinski definition) is 13. The van der Waals surface area contributed by atoms with Crippen LogP contribution in [-0.2, 0) is 37.3 Å². The standard InChI is InChI=1S/C19H21ClN4O2.C14H13ClFN5.C14H14ClN5O2/c1-13(25)23-9-6-14(7-10-23)24-11-8-16-17(21-19(20)22-18(16)24)5-4-15-3-2-12-26-15;15-14-19-12(18-9-10-1-5-17-6-2-10)11-3-7-21(8-4-16)13(11)20-14;1-20(2)13(21)10-6-9-11(16-7-8-4-3-5-22-8)18-14(15)19-12(9)17-10/h2-3,8,11-12,14H,4-7,9-10H2,1H3;1-3,5-7H,4,8-9H2,(H,18,19,20);3-6H,7H2,1-2H3,(H2,16,17,18,19). The summed E-state index contributed by atoms with van der Waals surface area (Å²) in [6.45, 7) is 4.04. The smallest absolute Gasteiger partial charge is 0.269 e. The number of amides is 2. The van der Waals surface area contributed by atoms with Crippen LogP contribution in [-0.4, -0.2) is 104 Å². The lowest BCUT2D eigenvalue weighted by molar-refractivity contribution is -0.130. The fourth-order valence-electron chi connectivity index (χ4n) is 7.89. The van der Waals surface area contributed by atoms with Gasteiger partial charge in [-0.2, -0.15) is 15.0 Å². The van der Waals surface area contributed by atoms with Gasteiger partial charge in [0.2, 0.25) is 21.8 Å². The zero-order valence-corrected chi connectivity index (χ0v) is 40.1. The molecule has 1 aliphatic heterocycles. The second-order valence-corrected chi connectivity index (χ2v) is 17.1. The molecule has 1 aliphatic rings. The lowest BCUT2D eigenvalue weighted by Gasteiger charge is -2.32. The summed E-state index contributed by atoms with van der Waals surface area (Å²) >= 11 is 18.1. The number of halogens is 4. The molecule has 3 N–H and O–H groups in total. The number of likely N-dealkylation sites (tertiary alicyclic amines) is 1. The summed E-state index contributed by atoms with van der Waals surface area (Å²) in [5.41, 5.74) is 4.46. The van der Waals surface area contributed by atoms with Gasteiger partial charge in [-0.1, -0.05) is 0 Å². The number of aromatic nitrogens is 10. The average molecular weight is 998 g/mol. The van der Waals surface area contributed by atoms with Crippen LogP contribution in [0.15, 0.2) is 101 Å². The van der Waals surface area contributed by atoms with Gasteiger partial charge in [0.05, 0.1) is 42.1 Å². The van der Waals surface area contributed by atoms with Crippen molar-refractivity contribution < 1.29 is 22.8 Å². The van der Waals surface area contributed by atoms with Gasteiger partial charge in [-0.15, -0.1) is 0 Å². The van der Waals surface area contributed by atoms with E-state index >= 15 is 0 Å². The first-order valence-electron chi connectivity index (χ1n) is 22.0. The fraction of sp³-hybridized carbons (Fsp3) is 0.298. The van der Waals surface area contributed by atoms with Crippen LogP contribution in [0.2, 0.25) is 15.9 Å². The summed E-state index contributed by atoms with van der Waals surface area (Å²) in [5, 5.41) is 9.43. The number of anilines is 2. The zero-order chi connectivity index (χ0) is 48.4. The van der Waals surface area contributed by atoms with Crippen molar-refractivity contribution in [3.05, 3.63) is 136 Å². The van der Waals surface area contributed by atoms with E-state index in [1.54, 1.807) is 62.8 Å². The normalized spacial score (nSPS) is 12.7. The van der Waals surface area contributed by atoms with Crippen LogP contribution < -0.4 is 10.6 Å². The number of pyridine rings is 1. The molecule has 358 valence electrons. The minimum absolute atomic E-state index is 0.0974. The van der Waals surface area contributed by atoms with Crippen LogP contribution in [0.4, 0.5) is 16.0 Å². The third-order valence-electron chi connectivity index (χ3n) is 11.3. The number of nitrogens with zero attached hydrogens (tertiary/aromatic N) is 11. The predicted octanol–water partition coefficient (Wildman–Crippen LogP) is 9.23. The highest BCUT2D eigenvalue weighted by Crippen LogP contribution is 2.30. The van der Waals surface area contributed by atoms with E-state index in [9.17, 15) is 14.0 Å². The second-order valence-electron chi connectivity index (χ2n) is 16.1. The van der Waals surface area contributed by atoms with E-state index in [1.165, 1.54) is 4.90 Å². The Balaban J connectivity index is 0.000000141. The van der Waals surface area contributed by atoms with Gasteiger partial charge < -0.3 is 43.4 Å². The molecule has 1 saturated heterocycles. The summed E-state index contributed by atoms with van der Waals surface area (Å²) in [6, 6.07) is 17.3. The number of hydrogen-bond donors (Lipinski definition) is 3. The second kappa shape index (κ2) is 22.3. The number of furan rings is 2. The Hall–Kier alpha value is -7.09. The van der Waals surface area contributed by atoms with Gasteiger partial charge in [-0.05, 0) is 114 Å². The van der Waals surface area contributed by atoms with E-state index < -0.39 is 6.67 Å². The molecule has 0 aromatic carbocycles. The highest BCUT2D eigenvalue weighted by atomic mass is 35.5. The number of rotatable bonds is 13. The molecule has 9 aromatic heterocycles. The first-order chi connectivity index (χ1) is 33.4. The fourth-order valence-corrected chi connectivity index (χ4v) is 8.41. The molecule has 0 atom stereocenters. The summed E-state index contributed by atoms with van der Waals surface area (Å²) in [7, 11) is 3.37. The molecule has 0 unspecified atom stereocenters. The number of H-pyrrole nitrogens is 1. The SMILES string of the molecule is CC(=O)N1CCC(n2ccc3c(CCc4ccco4)nc(Cl)nc32)CC1.CN(C)C(=O)c1cc2c(NCc3ccco3)nc(Cl)nc2[nH]1.FCCn1ccc2c(NCc3ccncc3)nc(Cl)nc21. The molecule has 9 aromatic rings. The highest BCUT2D eigenvalue weighted by Gasteiger charge is 2.24. The molecule has 10 rings (SSSR count). The monoisotopic (exact) mass is 996 g/mol. The maximum absolute atomic E-state index is 12.5. The number of piperidine rings is 1. The minimum Gasteiger partial charge on any atom is -0.469 e. The van der Waals surface area contributed by atoms with Crippen molar-refractivity contribution >= 4 is 91.4 Å². The van der Waals surface area contributed by atoms with Crippen LogP contribution in [0, 0.1) is 0 Å². The molecule has 0 spiro atoms. The van der Waals surface area contributed by atoms with Gasteiger partial charge in [-0.3, -0.25) is 14.6 Å². The first-order valence-corrected chi connectivity index (χ1v) is 23.1.